The molecule has 1 atom stereocenters. The van der Waals surface area contributed by atoms with Crippen LogP contribution in [-0.4, -0.2) is 36.7 Å². The van der Waals surface area contributed by atoms with Crippen LogP contribution in [0.15, 0.2) is 48.5 Å². The van der Waals surface area contributed by atoms with E-state index in [1.807, 2.05) is 43.3 Å². The van der Waals surface area contributed by atoms with Gasteiger partial charge in [-0.25, -0.2) is 4.79 Å². The fourth-order valence-electron chi connectivity index (χ4n) is 2.32. The number of aryl methyl sites for hydroxylation is 1. The van der Waals surface area contributed by atoms with Gasteiger partial charge in [-0.2, -0.15) is 0 Å². The van der Waals surface area contributed by atoms with Crippen molar-refractivity contribution in [2.75, 3.05) is 13.7 Å². The van der Waals surface area contributed by atoms with Crippen LogP contribution in [0.2, 0.25) is 0 Å². The van der Waals surface area contributed by atoms with Gasteiger partial charge in [0.25, 0.3) is 5.91 Å². The molecule has 0 fully saturated rings. The number of ether oxygens (including phenoxy) is 2. The molecule has 6 nitrogen and oxygen atoms in total. The second-order valence-electron chi connectivity index (χ2n) is 5.59. The van der Waals surface area contributed by atoms with Gasteiger partial charge in [0.2, 0.25) is 0 Å². The van der Waals surface area contributed by atoms with Gasteiger partial charge in [0.05, 0.1) is 7.11 Å². The third-order valence-corrected chi connectivity index (χ3v) is 3.59. The summed E-state index contributed by atoms with van der Waals surface area (Å²) in [5.41, 5.74) is 1.83. The maximum absolute atomic E-state index is 12.0. The molecule has 6 heteroatoms. The Kier molecular flexibility index (Phi) is 6.39. The smallest absolute Gasteiger partial charge is 0.326 e. The molecule has 2 rings (SSSR count). The van der Waals surface area contributed by atoms with Gasteiger partial charge in [-0.3, -0.25) is 4.79 Å². The van der Waals surface area contributed by atoms with E-state index in [1.165, 1.54) is 7.11 Å². The molecule has 132 valence electrons. The molecule has 0 aliphatic heterocycles. The van der Waals surface area contributed by atoms with E-state index in [2.05, 4.69) is 5.32 Å². The van der Waals surface area contributed by atoms with Crippen molar-refractivity contribution in [3.63, 3.8) is 0 Å². The van der Waals surface area contributed by atoms with Crippen molar-refractivity contribution >= 4 is 11.9 Å². The van der Waals surface area contributed by atoms with Gasteiger partial charge in [-0.15, -0.1) is 0 Å². The van der Waals surface area contributed by atoms with Crippen LogP contribution >= 0.6 is 0 Å². The summed E-state index contributed by atoms with van der Waals surface area (Å²) in [7, 11) is 1.52. The summed E-state index contributed by atoms with van der Waals surface area (Å²) in [6, 6.07) is 13.4. The lowest BCUT2D eigenvalue weighted by Crippen LogP contribution is -2.44. The third kappa shape index (κ3) is 5.53. The van der Waals surface area contributed by atoms with Gasteiger partial charge in [0, 0.05) is 6.42 Å². The Balaban J connectivity index is 1.94. The van der Waals surface area contributed by atoms with E-state index < -0.39 is 17.9 Å². The Hall–Kier alpha value is -3.02. The van der Waals surface area contributed by atoms with Crippen LogP contribution < -0.4 is 14.8 Å². The monoisotopic (exact) mass is 343 g/mol. The van der Waals surface area contributed by atoms with Crippen molar-refractivity contribution in [3.8, 4) is 11.5 Å². The standard InChI is InChI=1S/C19H21NO5/c1-13-8-9-16(17(10-13)24-2)25-12-18(21)20-15(19(22)23)11-14-6-4-3-5-7-14/h3-10,15H,11-12H2,1-2H3,(H,20,21)(H,22,23)/t15-/m0/s1. The molecule has 2 aromatic carbocycles. The molecule has 0 bridgehead atoms. The number of amides is 1. The first-order chi connectivity index (χ1) is 12.0. The Morgan fingerprint density at radius 1 is 1.12 bits per heavy atom. The van der Waals surface area contributed by atoms with Gasteiger partial charge in [-0.1, -0.05) is 36.4 Å². The summed E-state index contributed by atoms with van der Waals surface area (Å²) < 4.78 is 10.7. The normalized spacial score (nSPS) is 11.4. The first-order valence-electron chi connectivity index (χ1n) is 7.83. The molecule has 0 unspecified atom stereocenters. The number of carboxylic acids is 1. The molecular weight excluding hydrogens is 322 g/mol. The van der Waals surface area contributed by atoms with Crippen LogP contribution in [0, 0.1) is 6.92 Å². The average Bonchev–Trinajstić information content (AvgIpc) is 2.60. The van der Waals surface area contributed by atoms with E-state index in [9.17, 15) is 14.7 Å². The molecular formula is C19H21NO5. The number of methoxy groups -OCH3 is 1. The summed E-state index contributed by atoms with van der Waals surface area (Å²) in [6.45, 7) is 1.62. The maximum Gasteiger partial charge on any atom is 0.326 e. The van der Waals surface area contributed by atoms with E-state index in [1.54, 1.807) is 12.1 Å². The van der Waals surface area contributed by atoms with E-state index >= 15 is 0 Å². The molecule has 0 saturated heterocycles. The Morgan fingerprint density at radius 3 is 2.48 bits per heavy atom. The number of aliphatic carboxylic acids is 1. The van der Waals surface area contributed by atoms with E-state index in [0.717, 1.165) is 11.1 Å². The van der Waals surface area contributed by atoms with Crippen LogP contribution in [-0.2, 0) is 16.0 Å². The molecule has 0 aromatic heterocycles. The highest BCUT2D eigenvalue weighted by atomic mass is 16.5. The van der Waals surface area contributed by atoms with Gasteiger partial charge < -0.3 is 19.9 Å². The van der Waals surface area contributed by atoms with Crippen LogP contribution in [0.25, 0.3) is 0 Å². The molecule has 0 spiro atoms. The zero-order valence-electron chi connectivity index (χ0n) is 14.2. The lowest BCUT2D eigenvalue weighted by atomic mass is 10.1. The number of hydrogen-bond acceptors (Lipinski definition) is 4. The van der Waals surface area contributed by atoms with E-state index in [-0.39, 0.29) is 13.0 Å². The average molecular weight is 343 g/mol. The number of carboxylic acid groups (broad SMARTS) is 1. The fourth-order valence-corrected chi connectivity index (χ4v) is 2.32. The number of carbonyl (C=O) groups excluding carboxylic acids is 1. The van der Waals surface area contributed by atoms with Gasteiger partial charge >= 0.3 is 5.97 Å². The quantitative estimate of drug-likeness (QED) is 0.767. The third-order valence-electron chi connectivity index (χ3n) is 3.59. The molecule has 0 heterocycles. The predicted octanol–water partition coefficient (Wildman–Crippen LogP) is 2.19. The highest BCUT2D eigenvalue weighted by Gasteiger charge is 2.20. The van der Waals surface area contributed by atoms with Crippen LogP contribution in [0.1, 0.15) is 11.1 Å². The molecule has 2 aromatic rings. The van der Waals surface area contributed by atoms with Crippen molar-refractivity contribution in [2.45, 2.75) is 19.4 Å². The lowest BCUT2D eigenvalue weighted by molar-refractivity contribution is -0.142. The van der Waals surface area contributed by atoms with Gasteiger partial charge in [0.1, 0.15) is 6.04 Å². The van der Waals surface area contributed by atoms with Crippen LogP contribution in [0.3, 0.4) is 0 Å². The summed E-state index contributed by atoms with van der Waals surface area (Å²) in [5.74, 6) is -0.652. The highest BCUT2D eigenvalue weighted by Crippen LogP contribution is 2.27. The second kappa shape index (κ2) is 8.73. The number of benzene rings is 2. The second-order valence-corrected chi connectivity index (χ2v) is 5.59. The summed E-state index contributed by atoms with van der Waals surface area (Å²) in [4.78, 5) is 23.4. The van der Waals surface area contributed by atoms with Crippen molar-refractivity contribution in [3.05, 3.63) is 59.7 Å². The summed E-state index contributed by atoms with van der Waals surface area (Å²) in [6.07, 6.45) is 0.204. The summed E-state index contributed by atoms with van der Waals surface area (Å²) in [5, 5.41) is 11.8. The topological polar surface area (TPSA) is 84.9 Å². The first kappa shape index (κ1) is 18.3. The van der Waals surface area contributed by atoms with Crippen molar-refractivity contribution < 1.29 is 24.2 Å². The largest absolute Gasteiger partial charge is 0.493 e. The Labute approximate surface area is 146 Å². The molecule has 25 heavy (non-hydrogen) atoms. The van der Waals surface area contributed by atoms with Crippen LogP contribution in [0.5, 0.6) is 11.5 Å². The van der Waals surface area contributed by atoms with Crippen molar-refractivity contribution in [2.24, 2.45) is 0 Å². The minimum Gasteiger partial charge on any atom is -0.493 e. The SMILES string of the molecule is COc1cc(C)ccc1OCC(=O)N[C@@H](Cc1ccccc1)C(=O)O. The predicted molar refractivity (Wildman–Crippen MR) is 92.9 cm³/mol. The van der Waals surface area contributed by atoms with E-state index in [0.29, 0.717) is 11.5 Å². The molecule has 1 amide bonds. The molecule has 0 aliphatic carbocycles. The van der Waals surface area contributed by atoms with Crippen molar-refractivity contribution in [1.82, 2.24) is 5.32 Å². The van der Waals surface area contributed by atoms with Crippen molar-refractivity contribution in [1.29, 1.82) is 0 Å². The molecule has 2 N–H and O–H groups in total. The van der Waals surface area contributed by atoms with E-state index in [4.69, 9.17) is 9.47 Å². The zero-order valence-corrected chi connectivity index (χ0v) is 14.2. The highest BCUT2D eigenvalue weighted by molar-refractivity contribution is 5.84. The van der Waals surface area contributed by atoms with Gasteiger partial charge in [0.15, 0.2) is 18.1 Å². The number of hydrogen-bond donors (Lipinski definition) is 2. The summed E-state index contributed by atoms with van der Waals surface area (Å²) >= 11 is 0. The molecule has 0 aliphatic rings. The number of rotatable bonds is 8. The fraction of sp³-hybridized carbons (Fsp3) is 0.263. The number of carbonyl (C=O) groups is 2. The minimum atomic E-state index is -1.09. The lowest BCUT2D eigenvalue weighted by Gasteiger charge is -2.16. The zero-order chi connectivity index (χ0) is 18.2. The molecule has 0 saturated carbocycles. The first-order valence-corrected chi connectivity index (χ1v) is 7.83. The van der Waals surface area contributed by atoms with Crippen LogP contribution in [0.4, 0.5) is 0 Å². The van der Waals surface area contributed by atoms with Gasteiger partial charge in [-0.05, 0) is 30.2 Å². The molecule has 0 radical (unpaired) electrons. The Morgan fingerprint density at radius 2 is 1.84 bits per heavy atom. The minimum absolute atomic E-state index is 0.204. The maximum atomic E-state index is 12.0. The Bertz CT molecular complexity index is 730. The number of nitrogens with one attached hydrogen (secondary N) is 1.